The van der Waals surface area contributed by atoms with E-state index in [-0.39, 0.29) is 5.91 Å². The zero-order valence-corrected chi connectivity index (χ0v) is 13.8. The van der Waals surface area contributed by atoms with Gasteiger partial charge in [-0.3, -0.25) is 4.79 Å². The minimum atomic E-state index is -0.636. The summed E-state index contributed by atoms with van der Waals surface area (Å²) in [7, 11) is 0. The smallest absolute Gasteiger partial charge is 0.265 e. The Morgan fingerprint density at radius 3 is 2.22 bits per heavy atom. The van der Waals surface area contributed by atoms with Gasteiger partial charge in [-0.1, -0.05) is 17.7 Å². The van der Waals surface area contributed by atoms with Crippen molar-refractivity contribution < 1.29 is 9.53 Å². The Labute approximate surface area is 136 Å². The Morgan fingerprint density at radius 1 is 1.13 bits per heavy atom. The van der Waals surface area contributed by atoms with Gasteiger partial charge in [0.25, 0.3) is 5.91 Å². The summed E-state index contributed by atoms with van der Waals surface area (Å²) in [6.07, 6.45) is -0.636. The van der Waals surface area contributed by atoms with Gasteiger partial charge in [0, 0.05) is 5.69 Å². The lowest BCUT2D eigenvalue weighted by atomic mass is 10.0. The van der Waals surface area contributed by atoms with Crippen molar-refractivity contribution in [2.24, 2.45) is 0 Å². The standard InChI is InChI=1S/C19H20N2O2/c1-12-9-13(2)18(14(3)10-12)21-19(22)15(4)23-17-7-5-16(11-20)6-8-17/h5-10,15H,1-4H3,(H,21,22)/t15-/m1/s1. The lowest BCUT2D eigenvalue weighted by molar-refractivity contribution is -0.122. The van der Waals surface area contributed by atoms with E-state index in [4.69, 9.17) is 10.00 Å². The van der Waals surface area contributed by atoms with E-state index in [1.165, 1.54) is 5.56 Å². The van der Waals surface area contributed by atoms with Crippen LogP contribution >= 0.6 is 0 Å². The molecule has 0 aliphatic rings. The van der Waals surface area contributed by atoms with Crippen molar-refractivity contribution in [3.05, 3.63) is 58.7 Å². The summed E-state index contributed by atoms with van der Waals surface area (Å²) in [6, 6.07) is 12.8. The van der Waals surface area contributed by atoms with Crippen molar-refractivity contribution in [2.75, 3.05) is 5.32 Å². The number of hydrogen-bond donors (Lipinski definition) is 1. The third kappa shape index (κ3) is 4.10. The number of aryl methyl sites for hydroxylation is 3. The molecule has 23 heavy (non-hydrogen) atoms. The topological polar surface area (TPSA) is 62.1 Å². The minimum Gasteiger partial charge on any atom is -0.481 e. The first kappa shape index (κ1) is 16.6. The van der Waals surface area contributed by atoms with E-state index in [1.807, 2.05) is 39.0 Å². The summed E-state index contributed by atoms with van der Waals surface area (Å²) < 4.78 is 5.63. The van der Waals surface area contributed by atoms with Gasteiger partial charge in [0.05, 0.1) is 11.6 Å². The number of anilines is 1. The second-order valence-electron chi connectivity index (χ2n) is 5.66. The van der Waals surface area contributed by atoms with Crippen molar-refractivity contribution in [3.8, 4) is 11.8 Å². The molecule has 2 aromatic rings. The van der Waals surface area contributed by atoms with E-state index in [0.717, 1.165) is 16.8 Å². The molecule has 4 heteroatoms. The average Bonchev–Trinajstić information content (AvgIpc) is 2.51. The fraction of sp³-hybridized carbons (Fsp3) is 0.263. The third-order valence-electron chi connectivity index (χ3n) is 3.59. The lowest BCUT2D eigenvalue weighted by Gasteiger charge is -2.17. The van der Waals surface area contributed by atoms with Gasteiger partial charge in [0.15, 0.2) is 6.10 Å². The van der Waals surface area contributed by atoms with E-state index in [2.05, 4.69) is 5.32 Å². The van der Waals surface area contributed by atoms with Crippen molar-refractivity contribution in [3.63, 3.8) is 0 Å². The number of ether oxygens (including phenoxy) is 1. The van der Waals surface area contributed by atoms with E-state index in [1.54, 1.807) is 31.2 Å². The molecule has 0 aromatic heterocycles. The maximum atomic E-state index is 12.3. The maximum absolute atomic E-state index is 12.3. The molecule has 2 rings (SSSR count). The van der Waals surface area contributed by atoms with Crippen molar-refractivity contribution in [1.29, 1.82) is 5.26 Å². The van der Waals surface area contributed by atoms with Crippen molar-refractivity contribution >= 4 is 11.6 Å². The van der Waals surface area contributed by atoms with Gasteiger partial charge in [-0.15, -0.1) is 0 Å². The fourth-order valence-electron chi connectivity index (χ4n) is 2.47. The predicted molar refractivity (Wildman–Crippen MR) is 90.5 cm³/mol. The molecule has 0 saturated heterocycles. The Kier molecular flexibility index (Phi) is 5.02. The molecule has 1 amide bonds. The van der Waals surface area contributed by atoms with Crippen LogP contribution in [-0.2, 0) is 4.79 Å². The highest BCUT2D eigenvalue weighted by atomic mass is 16.5. The van der Waals surface area contributed by atoms with E-state index in [0.29, 0.717) is 11.3 Å². The molecule has 2 aromatic carbocycles. The molecule has 0 heterocycles. The van der Waals surface area contributed by atoms with Crippen LogP contribution in [0.3, 0.4) is 0 Å². The summed E-state index contributed by atoms with van der Waals surface area (Å²) in [5.41, 5.74) is 4.61. The van der Waals surface area contributed by atoms with Crippen LogP contribution < -0.4 is 10.1 Å². The zero-order chi connectivity index (χ0) is 17.0. The SMILES string of the molecule is Cc1cc(C)c(NC(=O)[C@@H](C)Oc2ccc(C#N)cc2)c(C)c1. The fourth-order valence-corrected chi connectivity index (χ4v) is 2.47. The van der Waals surface area contributed by atoms with Crippen LogP contribution in [0.25, 0.3) is 0 Å². The summed E-state index contributed by atoms with van der Waals surface area (Å²) in [5.74, 6) is 0.355. The number of benzene rings is 2. The van der Waals surface area contributed by atoms with Gasteiger partial charge in [0.1, 0.15) is 5.75 Å². The van der Waals surface area contributed by atoms with Gasteiger partial charge in [0.2, 0.25) is 0 Å². The molecule has 0 unspecified atom stereocenters. The van der Waals surface area contributed by atoms with Gasteiger partial charge < -0.3 is 10.1 Å². The summed E-state index contributed by atoms with van der Waals surface area (Å²) in [5, 5.41) is 11.7. The van der Waals surface area contributed by atoms with Gasteiger partial charge in [-0.2, -0.15) is 5.26 Å². The third-order valence-corrected chi connectivity index (χ3v) is 3.59. The molecule has 0 aliphatic carbocycles. The molecule has 1 atom stereocenters. The van der Waals surface area contributed by atoms with Crippen LogP contribution in [0.1, 0.15) is 29.2 Å². The lowest BCUT2D eigenvalue weighted by Crippen LogP contribution is -2.30. The highest BCUT2D eigenvalue weighted by molar-refractivity contribution is 5.95. The summed E-state index contributed by atoms with van der Waals surface area (Å²) in [4.78, 5) is 12.3. The Balaban J connectivity index is 2.07. The molecule has 0 aliphatic heterocycles. The molecule has 0 spiro atoms. The van der Waals surface area contributed by atoms with Crippen LogP contribution in [0.4, 0.5) is 5.69 Å². The number of amides is 1. The molecular formula is C19H20N2O2. The van der Waals surface area contributed by atoms with Crippen LogP contribution in [0, 0.1) is 32.1 Å². The molecule has 118 valence electrons. The Hall–Kier alpha value is -2.80. The van der Waals surface area contributed by atoms with E-state index in [9.17, 15) is 4.79 Å². The molecule has 0 bridgehead atoms. The van der Waals surface area contributed by atoms with E-state index < -0.39 is 6.10 Å². The second-order valence-corrected chi connectivity index (χ2v) is 5.66. The van der Waals surface area contributed by atoms with Crippen LogP contribution in [0.5, 0.6) is 5.75 Å². The number of rotatable bonds is 4. The minimum absolute atomic E-state index is 0.204. The molecule has 1 N–H and O–H groups in total. The molecule has 0 fully saturated rings. The predicted octanol–water partition coefficient (Wildman–Crippen LogP) is 3.89. The van der Waals surface area contributed by atoms with Crippen LogP contribution in [0.2, 0.25) is 0 Å². The van der Waals surface area contributed by atoms with Gasteiger partial charge in [-0.25, -0.2) is 0 Å². The summed E-state index contributed by atoms with van der Waals surface area (Å²) >= 11 is 0. The molecule has 0 radical (unpaired) electrons. The number of carbonyl (C=O) groups is 1. The average molecular weight is 308 g/mol. The second kappa shape index (κ2) is 6.97. The van der Waals surface area contributed by atoms with E-state index >= 15 is 0 Å². The van der Waals surface area contributed by atoms with Gasteiger partial charge in [-0.05, 0) is 63.1 Å². The molecule has 0 saturated carbocycles. The quantitative estimate of drug-likeness (QED) is 0.932. The monoisotopic (exact) mass is 308 g/mol. The van der Waals surface area contributed by atoms with Crippen molar-refractivity contribution in [2.45, 2.75) is 33.8 Å². The first-order valence-corrected chi connectivity index (χ1v) is 7.46. The first-order chi connectivity index (χ1) is 10.9. The summed E-state index contributed by atoms with van der Waals surface area (Å²) in [6.45, 7) is 7.68. The first-order valence-electron chi connectivity index (χ1n) is 7.46. The normalized spacial score (nSPS) is 11.4. The number of nitrogens with one attached hydrogen (secondary N) is 1. The Bertz CT molecular complexity index is 735. The highest BCUT2D eigenvalue weighted by Crippen LogP contribution is 2.22. The number of nitriles is 1. The zero-order valence-electron chi connectivity index (χ0n) is 13.8. The van der Waals surface area contributed by atoms with Gasteiger partial charge >= 0.3 is 0 Å². The van der Waals surface area contributed by atoms with Crippen LogP contribution in [-0.4, -0.2) is 12.0 Å². The number of nitrogens with zero attached hydrogens (tertiary/aromatic N) is 1. The number of carbonyl (C=O) groups excluding carboxylic acids is 1. The molecular weight excluding hydrogens is 288 g/mol. The molecule has 4 nitrogen and oxygen atoms in total. The largest absolute Gasteiger partial charge is 0.481 e. The highest BCUT2D eigenvalue weighted by Gasteiger charge is 2.17. The van der Waals surface area contributed by atoms with Crippen molar-refractivity contribution in [1.82, 2.24) is 0 Å². The Morgan fingerprint density at radius 2 is 1.70 bits per heavy atom. The number of hydrogen-bond acceptors (Lipinski definition) is 3. The van der Waals surface area contributed by atoms with Crippen LogP contribution in [0.15, 0.2) is 36.4 Å². The maximum Gasteiger partial charge on any atom is 0.265 e.